The molecule has 6 heteroatoms. The molecule has 0 fully saturated rings. The quantitative estimate of drug-likeness (QED) is 0.458. The predicted molar refractivity (Wildman–Crippen MR) is 96.1 cm³/mol. The van der Waals surface area contributed by atoms with Crippen LogP contribution < -0.4 is 10.6 Å². The summed E-state index contributed by atoms with van der Waals surface area (Å²) >= 11 is 0. The second-order valence-corrected chi connectivity index (χ2v) is 4.88. The first-order chi connectivity index (χ1) is 8.99. The van der Waals surface area contributed by atoms with E-state index >= 15 is 0 Å². The van der Waals surface area contributed by atoms with Gasteiger partial charge in [0.15, 0.2) is 5.96 Å². The number of aryl methyl sites for hydroxylation is 2. The van der Waals surface area contributed by atoms with Gasteiger partial charge >= 0.3 is 0 Å². The highest BCUT2D eigenvalue weighted by molar-refractivity contribution is 14.0. The van der Waals surface area contributed by atoms with E-state index in [4.69, 9.17) is 0 Å². The van der Waals surface area contributed by atoms with Crippen molar-refractivity contribution in [2.75, 3.05) is 13.1 Å². The van der Waals surface area contributed by atoms with Crippen LogP contribution in [0.4, 0.5) is 0 Å². The van der Waals surface area contributed by atoms with Crippen LogP contribution in [0.25, 0.3) is 0 Å². The number of hydrogen-bond acceptors (Lipinski definition) is 2. The Morgan fingerprint density at radius 1 is 1.35 bits per heavy atom. The van der Waals surface area contributed by atoms with Crippen LogP contribution in [-0.4, -0.2) is 34.9 Å². The first kappa shape index (κ1) is 19.2. The predicted octanol–water partition coefficient (Wildman–Crippen LogP) is 2.16. The molecule has 2 N–H and O–H groups in total. The standard InChI is InChI=1S/C14H27N5.HI/c1-7-15-14(16-8-2)17-10(3)9-13-11(4)18-19(6)12(13)5;/h10H,7-9H2,1-6H3,(H2,15,16,17);1H. The van der Waals surface area contributed by atoms with Crippen LogP contribution in [0.5, 0.6) is 0 Å². The van der Waals surface area contributed by atoms with Gasteiger partial charge in [-0.3, -0.25) is 9.67 Å². The molecule has 1 heterocycles. The van der Waals surface area contributed by atoms with Crippen LogP contribution in [-0.2, 0) is 13.5 Å². The lowest BCUT2D eigenvalue weighted by Crippen LogP contribution is -2.43. The summed E-state index contributed by atoms with van der Waals surface area (Å²) in [5.74, 6) is 0.886. The maximum Gasteiger partial charge on any atom is 0.191 e. The molecule has 0 amide bonds. The van der Waals surface area contributed by atoms with Gasteiger partial charge in [-0.2, -0.15) is 5.10 Å². The molecule has 0 spiro atoms. The van der Waals surface area contributed by atoms with Gasteiger partial charge in [-0.05, 0) is 46.6 Å². The van der Waals surface area contributed by atoms with Gasteiger partial charge in [0.2, 0.25) is 0 Å². The maximum absolute atomic E-state index is 4.46. The minimum atomic E-state index is 0. The van der Waals surface area contributed by atoms with Crippen molar-refractivity contribution >= 4 is 29.9 Å². The molecule has 0 radical (unpaired) electrons. The highest BCUT2D eigenvalue weighted by Crippen LogP contribution is 2.13. The Labute approximate surface area is 139 Å². The Kier molecular flexibility index (Phi) is 8.84. The van der Waals surface area contributed by atoms with Crippen molar-refractivity contribution in [2.45, 2.75) is 47.1 Å². The van der Waals surface area contributed by atoms with E-state index in [-0.39, 0.29) is 24.0 Å². The van der Waals surface area contributed by atoms with E-state index in [0.717, 1.165) is 31.2 Å². The lowest BCUT2D eigenvalue weighted by Gasteiger charge is -2.18. The summed E-state index contributed by atoms with van der Waals surface area (Å²) in [4.78, 5) is 4.42. The van der Waals surface area contributed by atoms with Crippen LogP contribution in [0, 0.1) is 13.8 Å². The maximum atomic E-state index is 4.46. The van der Waals surface area contributed by atoms with Crippen LogP contribution in [0.1, 0.15) is 37.7 Å². The number of halogens is 1. The average molecular weight is 393 g/mol. The van der Waals surface area contributed by atoms with Crippen molar-refractivity contribution in [3.63, 3.8) is 0 Å². The molecule has 20 heavy (non-hydrogen) atoms. The van der Waals surface area contributed by atoms with Gasteiger partial charge in [-0.1, -0.05) is 0 Å². The fourth-order valence-electron chi connectivity index (χ4n) is 2.18. The van der Waals surface area contributed by atoms with Gasteiger partial charge in [0.25, 0.3) is 0 Å². The van der Waals surface area contributed by atoms with Crippen molar-refractivity contribution in [3.8, 4) is 0 Å². The zero-order valence-corrected chi connectivity index (χ0v) is 15.8. The average Bonchev–Trinajstić information content (AvgIpc) is 2.57. The fraction of sp³-hybridized carbons (Fsp3) is 0.714. The number of aliphatic imine (C=N–C) groups is 1. The molecular weight excluding hydrogens is 365 g/mol. The Morgan fingerprint density at radius 3 is 2.45 bits per heavy atom. The molecule has 1 aromatic heterocycles. The van der Waals surface area contributed by atoms with Gasteiger partial charge in [0.05, 0.1) is 5.69 Å². The SMILES string of the molecule is CCN=C(NCC)NC(C)Cc1c(C)nn(C)c1C.I. The van der Waals surface area contributed by atoms with Gasteiger partial charge in [0, 0.05) is 31.9 Å². The zero-order chi connectivity index (χ0) is 14.4. The number of nitrogens with zero attached hydrogens (tertiary/aromatic N) is 3. The third kappa shape index (κ3) is 5.30. The third-order valence-electron chi connectivity index (χ3n) is 3.21. The minimum absolute atomic E-state index is 0. The fourth-order valence-corrected chi connectivity index (χ4v) is 2.18. The smallest absolute Gasteiger partial charge is 0.191 e. The Morgan fingerprint density at radius 2 is 2.00 bits per heavy atom. The van der Waals surface area contributed by atoms with Crippen molar-refractivity contribution in [1.29, 1.82) is 0 Å². The van der Waals surface area contributed by atoms with E-state index in [0.29, 0.717) is 6.04 Å². The second-order valence-electron chi connectivity index (χ2n) is 4.88. The Balaban J connectivity index is 0.00000361. The van der Waals surface area contributed by atoms with E-state index in [1.165, 1.54) is 11.3 Å². The Hall–Kier alpha value is -0.790. The second kappa shape index (κ2) is 9.20. The highest BCUT2D eigenvalue weighted by atomic mass is 127. The van der Waals surface area contributed by atoms with Crippen LogP contribution >= 0.6 is 24.0 Å². The van der Waals surface area contributed by atoms with Gasteiger partial charge in [-0.25, -0.2) is 0 Å². The van der Waals surface area contributed by atoms with Crippen molar-refractivity contribution < 1.29 is 0 Å². The largest absolute Gasteiger partial charge is 0.357 e. The number of aromatic nitrogens is 2. The first-order valence-corrected chi connectivity index (χ1v) is 7.03. The molecule has 1 atom stereocenters. The summed E-state index contributed by atoms with van der Waals surface area (Å²) in [6.07, 6.45) is 0.958. The number of rotatable bonds is 5. The molecule has 5 nitrogen and oxygen atoms in total. The van der Waals surface area contributed by atoms with Crippen LogP contribution in [0.2, 0.25) is 0 Å². The van der Waals surface area contributed by atoms with E-state index in [2.05, 4.69) is 48.4 Å². The number of guanidine groups is 1. The normalized spacial score (nSPS) is 12.8. The summed E-state index contributed by atoms with van der Waals surface area (Å²) in [6, 6.07) is 0.325. The zero-order valence-electron chi connectivity index (χ0n) is 13.4. The molecule has 1 unspecified atom stereocenters. The first-order valence-electron chi connectivity index (χ1n) is 7.03. The van der Waals surface area contributed by atoms with Crippen LogP contribution in [0.15, 0.2) is 4.99 Å². The van der Waals surface area contributed by atoms with Gasteiger partial charge in [-0.15, -0.1) is 24.0 Å². The third-order valence-corrected chi connectivity index (χ3v) is 3.21. The molecule has 0 aliphatic rings. The Bertz CT molecular complexity index is 439. The molecule has 0 aliphatic heterocycles. The molecular formula is C14H28IN5. The summed E-state index contributed by atoms with van der Waals surface area (Å²) in [5.41, 5.74) is 3.68. The molecule has 0 saturated carbocycles. The van der Waals surface area contributed by atoms with Gasteiger partial charge in [0.1, 0.15) is 0 Å². The molecule has 1 rings (SSSR count). The summed E-state index contributed by atoms with van der Waals surface area (Å²) < 4.78 is 1.95. The molecule has 0 saturated heterocycles. The van der Waals surface area contributed by atoms with E-state index < -0.39 is 0 Å². The van der Waals surface area contributed by atoms with E-state index in [1.807, 2.05) is 18.7 Å². The number of hydrogen-bond donors (Lipinski definition) is 2. The minimum Gasteiger partial charge on any atom is -0.357 e. The lowest BCUT2D eigenvalue weighted by molar-refractivity contribution is 0.636. The highest BCUT2D eigenvalue weighted by Gasteiger charge is 2.13. The topological polar surface area (TPSA) is 54.2 Å². The lowest BCUT2D eigenvalue weighted by atomic mass is 10.1. The van der Waals surface area contributed by atoms with E-state index in [9.17, 15) is 0 Å². The summed E-state index contributed by atoms with van der Waals surface area (Å²) in [7, 11) is 1.99. The molecule has 0 bridgehead atoms. The number of nitrogens with one attached hydrogen (secondary N) is 2. The van der Waals surface area contributed by atoms with Crippen LogP contribution in [0.3, 0.4) is 0 Å². The molecule has 0 aliphatic carbocycles. The molecule has 0 aromatic carbocycles. The van der Waals surface area contributed by atoms with Crippen molar-refractivity contribution in [2.24, 2.45) is 12.0 Å². The van der Waals surface area contributed by atoms with Crippen molar-refractivity contribution in [1.82, 2.24) is 20.4 Å². The summed E-state index contributed by atoms with van der Waals surface area (Å²) in [5, 5.41) is 11.1. The van der Waals surface area contributed by atoms with E-state index in [1.54, 1.807) is 0 Å². The van der Waals surface area contributed by atoms with Gasteiger partial charge < -0.3 is 10.6 Å². The van der Waals surface area contributed by atoms with Crippen molar-refractivity contribution in [3.05, 3.63) is 17.0 Å². The molecule has 116 valence electrons. The monoisotopic (exact) mass is 393 g/mol. The molecule has 1 aromatic rings. The summed E-state index contributed by atoms with van der Waals surface area (Å²) in [6.45, 7) is 12.1.